The van der Waals surface area contributed by atoms with Crippen LogP contribution in [0, 0.1) is 0 Å². The first kappa shape index (κ1) is 23.6. The second-order valence-electron chi connectivity index (χ2n) is 7.80. The SMILES string of the molecule is O=C(Nc1ccc(C2CCCNC2)cc1)OC1Cc2ccccc2C1.O=C(O)C(F)(F)F. The van der Waals surface area contributed by atoms with Crippen molar-refractivity contribution >= 4 is 17.7 Å². The third kappa shape index (κ3) is 6.71. The number of alkyl halides is 3. The fraction of sp³-hybridized carbons (Fsp3) is 0.391. The van der Waals surface area contributed by atoms with Crippen LogP contribution >= 0.6 is 0 Å². The lowest BCUT2D eigenvalue weighted by molar-refractivity contribution is -0.192. The second kappa shape index (κ2) is 10.5. The van der Waals surface area contributed by atoms with Gasteiger partial charge in [-0.15, -0.1) is 0 Å². The molecule has 1 atom stereocenters. The average molecular weight is 450 g/mol. The number of benzene rings is 2. The predicted molar refractivity (Wildman–Crippen MR) is 113 cm³/mol. The van der Waals surface area contributed by atoms with Crippen LogP contribution < -0.4 is 10.6 Å². The average Bonchev–Trinajstić information content (AvgIpc) is 3.17. The molecule has 1 aliphatic heterocycles. The predicted octanol–water partition coefficient (Wildman–Crippen LogP) is 4.50. The molecule has 0 spiro atoms. The molecule has 1 amide bonds. The first-order chi connectivity index (χ1) is 15.2. The number of carbonyl (C=O) groups is 2. The molecule has 2 aliphatic rings. The number of carbonyl (C=O) groups excluding carboxylic acids is 1. The number of anilines is 1. The number of rotatable bonds is 3. The summed E-state index contributed by atoms with van der Waals surface area (Å²) in [7, 11) is 0. The Morgan fingerprint density at radius 1 is 1.03 bits per heavy atom. The van der Waals surface area contributed by atoms with Crippen molar-refractivity contribution in [1.29, 1.82) is 0 Å². The number of hydrogen-bond donors (Lipinski definition) is 3. The first-order valence-corrected chi connectivity index (χ1v) is 10.4. The fourth-order valence-electron chi connectivity index (χ4n) is 3.88. The van der Waals surface area contributed by atoms with Gasteiger partial charge in [-0.2, -0.15) is 13.2 Å². The Labute approximate surface area is 183 Å². The Balaban J connectivity index is 0.000000360. The van der Waals surface area contributed by atoms with Crippen LogP contribution in [0.1, 0.15) is 35.4 Å². The molecule has 0 radical (unpaired) electrons. The molecule has 9 heteroatoms. The van der Waals surface area contributed by atoms with Gasteiger partial charge in [0.05, 0.1) is 0 Å². The van der Waals surface area contributed by atoms with Gasteiger partial charge in [0.25, 0.3) is 0 Å². The fourth-order valence-corrected chi connectivity index (χ4v) is 3.88. The molecule has 1 heterocycles. The Hall–Kier alpha value is -3.07. The van der Waals surface area contributed by atoms with Crippen molar-refractivity contribution in [3.8, 4) is 0 Å². The molecule has 3 N–H and O–H groups in total. The number of nitrogens with one attached hydrogen (secondary N) is 2. The summed E-state index contributed by atoms with van der Waals surface area (Å²) in [6.07, 6.45) is -1.46. The van der Waals surface area contributed by atoms with Crippen LogP contribution in [0.3, 0.4) is 0 Å². The molecule has 2 aromatic rings. The molecule has 2 aromatic carbocycles. The summed E-state index contributed by atoms with van der Waals surface area (Å²) in [5, 5.41) is 13.4. The van der Waals surface area contributed by atoms with Crippen molar-refractivity contribution in [3.05, 3.63) is 65.2 Å². The van der Waals surface area contributed by atoms with E-state index in [0.29, 0.717) is 5.92 Å². The zero-order valence-corrected chi connectivity index (χ0v) is 17.3. The molecule has 0 bridgehead atoms. The third-order valence-electron chi connectivity index (χ3n) is 5.46. The first-order valence-electron chi connectivity index (χ1n) is 10.4. The Morgan fingerprint density at radius 2 is 1.62 bits per heavy atom. The van der Waals surface area contributed by atoms with E-state index in [4.69, 9.17) is 14.6 Å². The van der Waals surface area contributed by atoms with E-state index in [-0.39, 0.29) is 12.2 Å². The van der Waals surface area contributed by atoms with Crippen molar-refractivity contribution in [3.63, 3.8) is 0 Å². The van der Waals surface area contributed by atoms with Gasteiger partial charge in [-0.1, -0.05) is 36.4 Å². The normalized spacial score (nSPS) is 18.2. The number of hydrogen-bond acceptors (Lipinski definition) is 4. The number of carboxylic acid groups (broad SMARTS) is 1. The summed E-state index contributed by atoms with van der Waals surface area (Å²) in [4.78, 5) is 21.1. The van der Waals surface area contributed by atoms with E-state index in [1.165, 1.54) is 29.5 Å². The molecule has 1 aliphatic carbocycles. The molecule has 32 heavy (non-hydrogen) atoms. The zero-order valence-electron chi connectivity index (χ0n) is 17.3. The number of carboxylic acids is 1. The van der Waals surface area contributed by atoms with Crippen LogP contribution in [-0.4, -0.2) is 42.5 Å². The second-order valence-corrected chi connectivity index (χ2v) is 7.80. The lowest BCUT2D eigenvalue weighted by Crippen LogP contribution is -2.28. The number of ether oxygens (including phenoxy) is 1. The van der Waals surface area contributed by atoms with E-state index in [9.17, 15) is 18.0 Å². The van der Waals surface area contributed by atoms with Gasteiger partial charge < -0.3 is 15.2 Å². The molecule has 6 nitrogen and oxygen atoms in total. The lowest BCUT2D eigenvalue weighted by atomic mass is 9.92. The molecule has 172 valence electrons. The smallest absolute Gasteiger partial charge is 0.475 e. The van der Waals surface area contributed by atoms with E-state index in [2.05, 4.69) is 34.9 Å². The number of aliphatic carboxylic acids is 1. The van der Waals surface area contributed by atoms with Gasteiger partial charge >= 0.3 is 18.2 Å². The van der Waals surface area contributed by atoms with Gasteiger partial charge in [0.15, 0.2) is 0 Å². The summed E-state index contributed by atoms with van der Waals surface area (Å²) in [6.45, 7) is 2.16. The molecule has 4 rings (SSSR count). The minimum atomic E-state index is -5.08. The number of amides is 1. The lowest BCUT2D eigenvalue weighted by Gasteiger charge is -2.23. The third-order valence-corrected chi connectivity index (χ3v) is 5.46. The van der Waals surface area contributed by atoms with E-state index in [0.717, 1.165) is 31.6 Å². The Bertz CT molecular complexity index is 901. The molecule has 0 aromatic heterocycles. The topological polar surface area (TPSA) is 87.7 Å². The summed E-state index contributed by atoms with van der Waals surface area (Å²) in [6, 6.07) is 16.4. The number of fused-ring (bicyclic) bond motifs is 1. The Morgan fingerprint density at radius 3 is 2.12 bits per heavy atom. The maximum absolute atomic E-state index is 12.2. The zero-order chi connectivity index (χ0) is 23.1. The standard InChI is InChI=1S/C21H24N2O2.C2HF3O2/c24-21(25-20-12-16-4-1-2-5-17(16)13-20)23-19-9-7-15(8-10-19)18-6-3-11-22-14-18;3-2(4,5)1(6)7/h1-2,4-5,7-10,18,20,22H,3,6,11-14H2,(H,23,24);(H,6,7). The largest absolute Gasteiger partial charge is 0.490 e. The van der Waals surface area contributed by atoms with Crippen LogP contribution in [0.5, 0.6) is 0 Å². The van der Waals surface area contributed by atoms with E-state index in [1.54, 1.807) is 0 Å². The molecule has 0 saturated carbocycles. The van der Waals surface area contributed by atoms with Gasteiger partial charge in [-0.25, -0.2) is 9.59 Å². The van der Waals surface area contributed by atoms with Crippen LogP contribution in [0.4, 0.5) is 23.7 Å². The molecular formula is C23H25F3N2O4. The summed E-state index contributed by atoms with van der Waals surface area (Å²) in [5.41, 5.74) is 4.68. The number of halogens is 3. The van der Waals surface area contributed by atoms with Gasteiger partial charge in [-0.3, -0.25) is 5.32 Å². The van der Waals surface area contributed by atoms with Gasteiger partial charge in [-0.05, 0) is 54.1 Å². The highest BCUT2D eigenvalue weighted by molar-refractivity contribution is 5.84. The Kier molecular flexibility index (Phi) is 7.74. The maximum atomic E-state index is 12.2. The van der Waals surface area contributed by atoms with Crippen LogP contribution in [0.25, 0.3) is 0 Å². The monoisotopic (exact) mass is 450 g/mol. The van der Waals surface area contributed by atoms with Crippen LogP contribution in [-0.2, 0) is 22.4 Å². The quantitative estimate of drug-likeness (QED) is 0.641. The van der Waals surface area contributed by atoms with Crippen molar-refractivity contribution in [2.45, 2.75) is 43.9 Å². The van der Waals surface area contributed by atoms with Gasteiger partial charge in [0, 0.05) is 25.1 Å². The summed E-state index contributed by atoms with van der Waals surface area (Å²) >= 11 is 0. The summed E-state index contributed by atoms with van der Waals surface area (Å²) in [5.74, 6) is -2.18. The maximum Gasteiger partial charge on any atom is 0.490 e. The van der Waals surface area contributed by atoms with E-state index < -0.39 is 12.1 Å². The highest BCUT2D eigenvalue weighted by Gasteiger charge is 2.38. The molecule has 1 unspecified atom stereocenters. The van der Waals surface area contributed by atoms with E-state index >= 15 is 0 Å². The minimum absolute atomic E-state index is 0.0648. The van der Waals surface area contributed by atoms with Gasteiger partial charge in [0.1, 0.15) is 6.10 Å². The van der Waals surface area contributed by atoms with Gasteiger partial charge in [0.2, 0.25) is 0 Å². The van der Waals surface area contributed by atoms with Crippen molar-refractivity contribution < 1.29 is 32.6 Å². The minimum Gasteiger partial charge on any atom is -0.475 e. The van der Waals surface area contributed by atoms with Crippen molar-refractivity contribution in [2.24, 2.45) is 0 Å². The highest BCUT2D eigenvalue weighted by Crippen LogP contribution is 2.26. The molecule has 1 fully saturated rings. The van der Waals surface area contributed by atoms with Crippen LogP contribution in [0.15, 0.2) is 48.5 Å². The number of piperidine rings is 1. The molecule has 1 saturated heterocycles. The molecular weight excluding hydrogens is 425 g/mol. The van der Waals surface area contributed by atoms with Crippen LogP contribution in [0.2, 0.25) is 0 Å². The highest BCUT2D eigenvalue weighted by atomic mass is 19.4. The van der Waals surface area contributed by atoms with Crippen molar-refractivity contribution in [2.75, 3.05) is 18.4 Å². The van der Waals surface area contributed by atoms with E-state index in [1.807, 2.05) is 24.3 Å². The van der Waals surface area contributed by atoms with Crippen molar-refractivity contribution in [1.82, 2.24) is 5.32 Å². The summed E-state index contributed by atoms with van der Waals surface area (Å²) < 4.78 is 37.3.